The molecule has 2 saturated heterocycles. The van der Waals surface area contributed by atoms with Gasteiger partial charge in [0.05, 0.1) is 25.1 Å². The number of hydrogen-bond acceptors (Lipinski definition) is 5. The minimum absolute atomic E-state index is 0.136. The minimum Gasteiger partial charge on any atom is -0.370 e. The molecule has 142 valence electrons. The maximum atomic E-state index is 12.3. The molecule has 2 aromatic rings. The largest absolute Gasteiger partial charge is 0.370 e. The first-order chi connectivity index (χ1) is 13.2. The smallest absolute Gasteiger partial charge is 0.269 e. The van der Waals surface area contributed by atoms with E-state index in [-0.39, 0.29) is 11.7 Å². The summed E-state index contributed by atoms with van der Waals surface area (Å²) in [5.74, 6) is -0.509. The molecule has 2 aliphatic heterocycles. The summed E-state index contributed by atoms with van der Waals surface area (Å²) in [7, 11) is 0. The van der Waals surface area contributed by atoms with E-state index in [0.29, 0.717) is 25.5 Å². The predicted octanol–water partition coefficient (Wildman–Crippen LogP) is 2.40. The van der Waals surface area contributed by atoms with Crippen LogP contribution in [0.2, 0.25) is 0 Å². The Labute approximate surface area is 159 Å². The molecular formula is C21H25N3O3. The zero-order chi connectivity index (χ0) is 18.5. The number of aromatic nitrogens is 1. The number of piperidine rings is 1. The third-order valence-corrected chi connectivity index (χ3v) is 5.23. The molecule has 3 heterocycles. The number of amides is 1. The van der Waals surface area contributed by atoms with Crippen LogP contribution in [0.4, 0.5) is 5.69 Å². The predicted molar refractivity (Wildman–Crippen MR) is 103 cm³/mol. The van der Waals surface area contributed by atoms with Crippen LogP contribution in [0.25, 0.3) is 0 Å². The number of anilines is 1. The van der Waals surface area contributed by atoms with Crippen molar-refractivity contribution in [2.24, 2.45) is 0 Å². The first kappa shape index (κ1) is 17.9. The summed E-state index contributed by atoms with van der Waals surface area (Å²) in [6.45, 7) is 3.71. The molecule has 27 heavy (non-hydrogen) atoms. The molecule has 1 aromatic heterocycles. The number of benzene rings is 1. The topological polar surface area (TPSA) is 63.7 Å². The van der Waals surface area contributed by atoms with Gasteiger partial charge in [0.25, 0.3) is 5.91 Å². The molecule has 0 saturated carbocycles. The Hall–Kier alpha value is -2.44. The highest BCUT2D eigenvalue weighted by atomic mass is 16.7. The van der Waals surface area contributed by atoms with Gasteiger partial charge in [-0.05, 0) is 24.1 Å². The van der Waals surface area contributed by atoms with E-state index < -0.39 is 0 Å². The Bertz CT molecular complexity index is 748. The van der Waals surface area contributed by atoms with Crippen molar-refractivity contribution in [2.75, 3.05) is 37.7 Å². The first-order valence-corrected chi connectivity index (χ1v) is 9.55. The lowest BCUT2D eigenvalue weighted by molar-refractivity contribution is -0.169. The molecule has 1 amide bonds. The fraction of sp³-hybridized carbons (Fsp3) is 0.429. The molecule has 0 aliphatic carbocycles. The van der Waals surface area contributed by atoms with Crippen LogP contribution in [0, 0.1) is 0 Å². The van der Waals surface area contributed by atoms with Crippen LogP contribution >= 0.6 is 0 Å². The van der Waals surface area contributed by atoms with Gasteiger partial charge in [-0.2, -0.15) is 0 Å². The number of nitrogens with one attached hydrogen (secondary N) is 1. The molecule has 0 unspecified atom stereocenters. The Morgan fingerprint density at radius 1 is 1.07 bits per heavy atom. The number of carbonyl (C=O) groups excluding carboxylic acids is 1. The highest BCUT2D eigenvalue weighted by Gasteiger charge is 2.39. The van der Waals surface area contributed by atoms with Crippen molar-refractivity contribution in [1.82, 2.24) is 10.3 Å². The standard InChI is InChI=1S/C21H25N3O3/c25-20(22-11-8-17-4-2-1-3-5-17)19-7-6-18(16-23-19)24-12-9-21(10-13-24)26-14-15-27-21/h1-7,16H,8-15H2,(H,22,25). The second-order valence-corrected chi connectivity index (χ2v) is 6.99. The molecule has 0 radical (unpaired) electrons. The van der Waals surface area contributed by atoms with Crippen molar-refractivity contribution >= 4 is 11.6 Å². The number of ether oxygens (including phenoxy) is 2. The number of pyridine rings is 1. The molecule has 0 bridgehead atoms. The van der Waals surface area contributed by atoms with Gasteiger partial charge in [0.15, 0.2) is 5.79 Å². The maximum absolute atomic E-state index is 12.3. The SMILES string of the molecule is O=C(NCCc1ccccc1)c1ccc(N2CCC3(CC2)OCCO3)cn1. The van der Waals surface area contributed by atoms with Gasteiger partial charge in [-0.25, -0.2) is 4.98 Å². The fourth-order valence-corrected chi connectivity index (χ4v) is 3.65. The van der Waals surface area contributed by atoms with E-state index in [0.717, 1.165) is 38.0 Å². The molecule has 1 aromatic carbocycles. The lowest BCUT2D eigenvalue weighted by Gasteiger charge is -2.38. The van der Waals surface area contributed by atoms with Gasteiger partial charge in [0.1, 0.15) is 5.69 Å². The summed E-state index contributed by atoms with van der Waals surface area (Å²) in [5.41, 5.74) is 2.69. The lowest BCUT2D eigenvalue weighted by Crippen LogP contribution is -2.45. The molecule has 6 nitrogen and oxygen atoms in total. The van der Waals surface area contributed by atoms with Crippen molar-refractivity contribution in [1.29, 1.82) is 0 Å². The number of hydrogen-bond donors (Lipinski definition) is 1. The first-order valence-electron chi connectivity index (χ1n) is 9.55. The van der Waals surface area contributed by atoms with E-state index in [1.54, 1.807) is 12.3 Å². The van der Waals surface area contributed by atoms with Gasteiger partial charge >= 0.3 is 0 Å². The molecule has 1 spiro atoms. The quantitative estimate of drug-likeness (QED) is 0.879. The van der Waals surface area contributed by atoms with Crippen LogP contribution in [0.15, 0.2) is 48.7 Å². The third kappa shape index (κ3) is 4.28. The zero-order valence-electron chi connectivity index (χ0n) is 15.4. The van der Waals surface area contributed by atoms with E-state index in [1.165, 1.54) is 5.56 Å². The fourth-order valence-electron chi connectivity index (χ4n) is 3.65. The van der Waals surface area contributed by atoms with Crippen LogP contribution in [-0.4, -0.2) is 49.5 Å². The number of nitrogens with zero attached hydrogens (tertiary/aromatic N) is 2. The van der Waals surface area contributed by atoms with Gasteiger partial charge in [0.2, 0.25) is 0 Å². The molecule has 1 N–H and O–H groups in total. The van der Waals surface area contributed by atoms with E-state index in [1.807, 2.05) is 24.3 Å². The van der Waals surface area contributed by atoms with Crippen LogP contribution in [0.1, 0.15) is 28.9 Å². The second-order valence-electron chi connectivity index (χ2n) is 6.99. The van der Waals surface area contributed by atoms with Crippen LogP contribution in [-0.2, 0) is 15.9 Å². The molecular weight excluding hydrogens is 342 g/mol. The summed E-state index contributed by atoms with van der Waals surface area (Å²) in [6, 6.07) is 13.9. The van der Waals surface area contributed by atoms with Crippen LogP contribution < -0.4 is 10.2 Å². The Balaban J connectivity index is 1.27. The highest BCUT2D eigenvalue weighted by molar-refractivity contribution is 5.92. The van der Waals surface area contributed by atoms with Crippen LogP contribution in [0.3, 0.4) is 0 Å². The maximum Gasteiger partial charge on any atom is 0.269 e. The van der Waals surface area contributed by atoms with Crippen LogP contribution in [0.5, 0.6) is 0 Å². The molecule has 6 heteroatoms. The van der Waals surface area contributed by atoms with E-state index >= 15 is 0 Å². The summed E-state index contributed by atoms with van der Waals surface area (Å²) in [6.07, 6.45) is 4.30. The van der Waals surface area contributed by atoms with Gasteiger partial charge in [0, 0.05) is 32.5 Å². The van der Waals surface area contributed by atoms with E-state index in [2.05, 4.69) is 27.3 Å². The lowest BCUT2D eigenvalue weighted by atomic mass is 10.0. The van der Waals surface area contributed by atoms with Gasteiger partial charge in [-0.3, -0.25) is 4.79 Å². The van der Waals surface area contributed by atoms with Crippen molar-refractivity contribution in [3.05, 3.63) is 59.9 Å². The zero-order valence-corrected chi connectivity index (χ0v) is 15.4. The summed E-state index contributed by atoms with van der Waals surface area (Å²) >= 11 is 0. The van der Waals surface area contributed by atoms with Crippen molar-refractivity contribution < 1.29 is 14.3 Å². The Morgan fingerprint density at radius 2 is 1.81 bits per heavy atom. The molecule has 2 aliphatic rings. The normalized spacial score (nSPS) is 18.6. The van der Waals surface area contributed by atoms with Crippen molar-refractivity contribution in [3.63, 3.8) is 0 Å². The summed E-state index contributed by atoms with van der Waals surface area (Å²) < 4.78 is 11.5. The van der Waals surface area contributed by atoms with Crippen molar-refractivity contribution in [3.8, 4) is 0 Å². The van der Waals surface area contributed by atoms with Gasteiger partial charge in [-0.1, -0.05) is 30.3 Å². The number of rotatable bonds is 5. The van der Waals surface area contributed by atoms with E-state index in [9.17, 15) is 4.79 Å². The molecule has 2 fully saturated rings. The average Bonchev–Trinajstić information content (AvgIpc) is 3.17. The summed E-state index contributed by atoms with van der Waals surface area (Å²) in [5, 5.41) is 2.93. The van der Waals surface area contributed by atoms with E-state index in [4.69, 9.17) is 9.47 Å². The number of carbonyl (C=O) groups is 1. The monoisotopic (exact) mass is 367 g/mol. The third-order valence-electron chi connectivity index (χ3n) is 5.23. The highest BCUT2D eigenvalue weighted by Crippen LogP contribution is 2.32. The second kappa shape index (κ2) is 8.06. The Kier molecular flexibility index (Phi) is 5.36. The van der Waals surface area contributed by atoms with Crippen molar-refractivity contribution in [2.45, 2.75) is 25.0 Å². The van der Waals surface area contributed by atoms with Gasteiger partial charge < -0.3 is 19.7 Å². The van der Waals surface area contributed by atoms with Gasteiger partial charge in [-0.15, -0.1) is 0 Å². The molecule has 0 atom stereocenters. The average molecular weight is 367 g/mol. The summed E-state index contributed by atoms with van der Waals surface area (Å²) in [4.78, 5) is 18.9. The minimum atomic E-state index is -0.373. The Morgan fingerprint density at radius 3 is 2.48 bits per heavy atom. The molecule has 4 rings (SSSR count).